The van der Waals surface area contributed by atoms with Crippen LogP contribution in [0, 0.1) is 12.7 Å². The smallest absolute Gasteiger partial charge is 0.341 e. The first-order valence-electron chi connectivity index (χ1n) is 4.63. The summed E-state index contributed by atoms with van der Waals surface area (Å²) in [7, 11) is 1.17. The lowest BCUT2D eigenvalue weighted by Crippen LogP contribution is -2.03. The Morgan fingerprint density at radius 3 is 2.40 bits per heavy atom. The molecule has 0 bridgehead atoms. The number of hydrogen-bond donors (Lipinski definition) is 1. The quantitative estimate of drug-likeness (QED) is 0.731. The van der Waals surface area contributed by atoms with Gasteiger partial charge in [0.05, 0.1) is 7.11 Å². The zero-order valence-corrected chi connectivity index (χ0v) is 9.30. The second-order valence-corrected chi connectivity index (χ2v) is 2.61. The third-order valence-electron chi connectivity index (χ3n) is 1.67. The molecule has 0 fully saturated rings. The molecule has 0 aromatic heterocycles. The largest absolute Gasteiger partial charge is 0.507 e. The molecule has 1 aromatic carbocycles. The minimum Gasteiger partial charge on any atom is -0.507 e. The Morgan fingerprint density at radius 2 is 1.93 bits per heavy atom. The van der Waals surface area contributed by atoms with Gasteiger partial charge < -0.3 is 9.84 Å². The lowest BCUT2D eigenvalue weighted by atomic mass is 10.1. The van der Waals surface area contributed by atoms with Gasteiger partial charge in [-0.15, -0.1) is 0 Å². The average molecular weight is 214 g/mol. The molecule has 0 radical (unpaired) electrons. The van der Waals surface area contributed by atoms with Crippen molar-refractivity contribution in [2.24, 2.45) is 0 Å². The summed E-state index contributed by atoms with van der Waals surface area (Å²) in [6.45, 7) is 5.50. The van der Waals surface area contributed by atoms with Gasteiger partial charge in [0, 0.05) is 0 Å². The molecule has 0 aliphatic carbocycles. The van der Waals surface area contributed by atoms with Gasteiger partial charge in [-0.05, 0) is 24.6 Å². The van der Waals surface area contributed by atoms with Crippen molar-refractivity contribution in [2.45, 2.75) is 20.8 Å². The zero-order chi connectivity index (χ0) is 12.0. The predicted octanol–water partition coefficient (Wildman–Crippen LogP) is 2.65. The molecule has 0 aliphatic rings. The van der Waals surface area contributed by atoms with Gasteiger partial charge >= 0.3 is 5.97 Å². The van der Waals surface area contributed by atoms with Gasteiger partial charge in [-0.1, -0.05) is 13.8 Å². The lowest BCUT2D eigenvalue weighted by molar-refractivity contribution is 0.0596. The van der Waals surface area contributed by atoms with Gasteiger partial charge in [0.25, 0.3) is 0 Å². The zero-order valence-electron chi connectivity index (χ0n) is 9.30. The van der Waals surface area contributed by atoms with E-state index in [1.807, 2.05) is 13.8 Å². The van der Waals surface area contributed by atoms with Crippen molar-refractivity contribution in [2.75, 3.05) is 7.11 Å². The Balaban J connectivity index is 0.000000921. The number of aryl methyl sites for hydroxylation is 1. The highest BCUT2D eigenvalue weighted by molar-refractivity contribution is 5.92. The van der Waals surface area contributed by atoms with E-state index in [0.29, 0.717) is 5.56 Å². The minimum atomic E-state index is -0.750. The Morgan fingerprint density at radius 1 is 1.40 bits per heavy atom. The van der Waals surface area contributed by atoms with Gasteiger partial charge in [0.2, 0.25) is 0 Å². The molecule has 1 rings (SSSR count). The number of ether oxygens (including phenoxy) is 1. The summed E-state index contributed by atoms with van der Waals surface area (Å²) in [5.41, 5.74) is 0.153. The molecule has 0 aliphatic heterocycles. The van der Waals surface area contributed by atoms with Crippen LogP contribution in [0.3, 0.4) is 0 Å². The van der Waals surface area contributed by atoms with E-state index in [-0.39, 0.29) is 11.3 Å². The van der Waals surface area contributed by atoms with E-state index in [4.69, 9.17) is 0 Å². The molecule has 0 amide bonds. The fourth-order valence-electron chi connectivity index (χ4n) is 1.00. The monoisotopic (exact) mass is 214 g/mol. The Hall–Kier alpha value is -1.58. The van der Waals surface area contributed by atoms with Gasteiger partial charge in [-0.2, -0.15) is 0 Å². The van der Waals surface area contributed by atoms with E-state index < -0.39 is 11.8 Å². The van der Waals surface area contributed by atoms with Crippen LogP contribution in [-0.2, 0) is 4.74 Å². The summed E-state index contributed by atoms with van der Waals surface area (Å²) in [6.07, 6.45) is 0. The van der Waals surface area contributed by atoms with Crippen LogP contribution in [-0.4, -0.2) is 18.2 Å². The van der Waals surface area contributed by atoms with E-state index >= 15 is 0 Å². The van der Waals surface area contributed by atoms with Crippen LogP contribution in [0.15, 0.2) is 12.1 Å². The van der Waals surface area contributed by atoms with Crippen LogP contribution in [0.1, 0.15) is 29.8 Å². The van der Waals surface area contributed by atoms with Crippen molar-refractivity contribution >= 4 is 5.97 Å². The van der Waals surface area contributed by atoms with Crippen LogP contribution in [0.4, 0.5) is 4.39 Å². The van der Waals surface area contributed by atoms with E-state index in [0.717, 1.165) is 12.1 Å². The summed E-state index contributed by atoms with van der Waals surface area (Å²) in [5, 5.41) is 9.36. The molecule has 15 heavy (non-hydrogen) atoms. The highest BCUT2D eigenvalue weighted by Crippen LogP contribution is 2.23. The fraction of sp³-hybridized carbons (Fsp3) is 0.364. The number of phenolic OH excluding ortho intramolecular Hbond substituents is 1. The van der Waals surface area contributed by atoms with E-state index in [1.165, 1.54) is 14.0 Å². The van der Waals surface area contributed by atoms with Crippen molar-refractivity contribution in [1.82, 2.24) is 0 Å². The minimum absolute atomic E-state index is 0.153. The Labute approximate surface area is 88.5 Å². The van der Waals surface area contributed by atoms with E-state index in [9.17, 15) is 14.3 Å². The number of carbonyl (C=O) groups is 1. The van der Waals surface area contributed by atoms with Gasteiger partial charge in [-0.3, -0.25) is 0 Å². The maximum absolute atomic E-state index is 12.8. The number of benzene rings is 1. The third kappa shape index (κ3) is 3.23. The molecule has 0 saturated heterocycles. The molecule has 84 valence electrons. The lowest BCUT2D eigenvalue weighted by Gasteiger charge is -2.04. The third-order valence-corrected chi connectivity index (χ3v) is 1.67. The second kappa shape index (κ2) is 6.01. The molecule has 0 saturated carbocycles. The molecule has 1 aromatic rings. The van der Waals surface area contributed by atoms with Crippen LogP contribution in [0.5, 0.6) is 5.75 Å². The molecule has 0 atom stereocenters. The number of carbonyl (C=O) groups excluding carboxylic acids is 1. The van der Waals surface area contributed by atoms with E-state index in [2.05, 4.69) is 4.74 Å². The van der Waals surface area contributed by atoms with E-state index in [1.54, 1.807) is 0 Å². The van der Waals surface area contributed by atoms with Crippen LogP contribution < -0.4 is 0 Å². The SMILES string of the molecule is CC.COC(=O)c1cc(F)cc(C)c1O. The van der Waals surface area contributed by atoms with Crippen molar-refractivity contribution < 1.29 is 19.0 Å². The summed E-state index contributed by atoms with van der Waals surface area (Å²) in [4.78, 5) is 11.0. The normalized spacial score (nSPS) is 8.87. The molecule has 0 unspecified atom stereocenters. The maximum atomic E-state index is 12.8. The Bertz CT molecular complexity index is 348. The fourth-order valence-corrected chi connectivity index (χ4v) is 1.00. The first-order chi connectivity index (χ1) is 7.06. The number of rotatable bonds is 1. The number of aromatic hydroxyl groups is 1. The first kappa shape index (κ1) is 13.4. The summed E-state index contributed by atoms with van der Waals surface area (Å²) in [5.74, 6) is -1.57. The Kier molecular flexibility index (Phi) is 5.37. The van der Waals surface area contributed by atoms with Crippen molar-refractivity contribution in [3.05, 3.63) is 29.1 Å². The predicted molar refractivity (Wildman–Crippen MR) is 55.5 cm³/mol. The maximum Gasteiger partial charge on any atom is 0.341 e. The second-order valence-electron chi connectivity index (χ2n) is 2.61. The number of phenols is 1. The van der Waals surface area contributed by atoms with Gasteiger partial charge in [0.15, 0.2) is 0 Å². The molecular weight excluding hydrogens is 199 g/mol. The molecule has 3 nitrogen and oxygen atoms in total. The molecule has 0 spiro atoms. The average Bonchev–Trinajstić information content (AvgIpc) is 2.25. The number of esters is 1. The van der Waals surface area contributed by atoms with Crippen LogP contribution in [0.2, 0.25) is 0 Å². The number of halogens is 1. The highest BCUT2D eigenvalue weighted by Gasteiger charge is 2.14. The number of methoxy groups -OCH3 is 1. The highest BCUT2D eigenvalue weighted by atomic mass is 19.1. The molecular formula is C11H15FO3. The van der Waals surface area contributed by atoms with Crippen molar-refractivity contribution in [1.29, 1.82) is 0 Å². The standard InChI is InChI=1S/C9H9FO3.C2H6/c1-5-3-6(10)4-7(8(5)11)9(12)13-2;1-2/h3-4,11H,1-2H3;1-2H3. The molecule has 4 heteroatoms. The number of hydrogen-bond acceptors (Lipinski definition) is 3. The van der Waals surface area contributed by atoms with Crippen LogP contribution in [0.25, 0.3) is 0 Å². The summed E-state index contributed by atoms with van der Waals surface area (Å²) in [6, 6.07) is 2.08. The van der Waals surface area contributed by atoms with Gasteiger partial charge in [-0.25, -0.2) is 9.18 Å². The van der Waals surface area contributed by atoms with Crippen molar-refractivity contribution in [3.63, 3.8) is 0 Å². The van der Waals surface area contributed by atoms with Crippen molar-refractivity contribution in [3.8, 4) is 5.75 Å². The first-order valence-corrected chi connectivity index (χ1v) is 4.63. The van der Waals surface area contributed by atoms with Crippen LogP contribution >= 0.6 is 0 Å². The summed E-state index contributed by atoms with van der Waals surface area (Å²) >= 11 is 0. The topological polar surface area (TPSA) is 46.5 Å². The molecule has 1 N–H and O–H groups in total. The molecule has 0 heterocycles. The van der Waals surface area contributed by atoms with Gasteiger partial charge in [0.1, 0.15) is 17.1 Å². The summed E-state index contributed by atoms with van der Waals surface area (Å²) < 4.78 is 17.1.